The van der Waals surface area contributed by atoms with Crippen molar-refractivity contribution in [1.29, 1.82) is 0 Å². The van der Waals surface area contributed by atoms with Gasteiger partial charge in [0.25, 0.3) is 0 Å². The topological polar surface area (TPSA) is 30.9 Å². The van der Waals surface area contributed by atoms with Crippen LogP contribution in [0.2, 0.25) is 0 Å². The number of nitrogens with one attached hydrogen (secondary N) is 1. The molecule has 0 aliphatic carbocycles. The van der Waals surface area contributed by atoms with Gasteiger partial charge < -0.3 is 10.2 Å². The summed E-state index contributed by atoms with van der Waals surface area (Å²) in [6.45, 7) is 0.762. The minimum absolute atomic E-state index is 0.762. The molecule has 0 aliphatic heterocycles. The molecule has 0 aliphatic rings. The van der Waals surface area contributed by atoms with Gasteiger partial charge in [0.15, 0.2) is 0 Å². The first-order chi connectivity index (χ1) is 18.3. The molecule has 0 heterocycles. The van der Waals surface area contributed by atoms with Crippen LogP contribution in [0.25, 0.3) is 0 Å². The number of nitrogens with zero attached hydrogens (tertiary/aromatic N) is 3. The van der Waals surface area contributed by atoms with Crippen LogP contribution in [0, 0.1) is 0 Å². The lowest BCUT2D eigenvalue weighted by Crippen LogP contribution is -2.09. The molecule has 5 aromatic carbocycles. The van der Waals surface area contributed by atoms with Crippen LogP contribution in [-0.4, -0.2) is 13.3 Å². The first-order valence-corrected chi connectivity index (χ1v) is 12.4. The van der Waals surface area contributed by atoms with E-state index >= 15 is 0 Å². The Bertz CT molecular complexity index is 1360. The molecule has 0 bridgehead atoms. The van der Waals surface area contributed by atoms with Crippen molar-refractivity contribution < 1.29 is 0 Å². The van der Waals surface area contributed by atoms with E-state index in [9.17, 15) is 0 Å². The molecule has 182 valence electrons. The first kappa shape index (κ1) is 23.9. The van der Waals surface area contributed by atoms with Crippen molar-refractivity contribution >= 4 is 34.7 Å². The van der Waals surface area contributed by atoms with E-state index in [-0.39, 0.29) is 0 Å². The van der Waals surface area contributed by atoms with Crippen LogP contribution in [0.5, 0.6) is 0 Å². The molecule has 0 radical (unpaired) electrons. The van der Waals surface area contributed by atoms with Gasteiger partial charge in [-0.25, -0.2) is 5.01 Å². The van der Waals surface area contributed by atoms with Crippen molar-refractivity contribution in [3.63, 3.8) is 0 Å². The minimum atomic E-state index is 0.762. The summed E-state index contributed by atoms with van der Waals surface area (Å²) < 4.78 is 0. The van der Waals surface area contributed by atoms with E-state index in [0.717, 1.165) is 29.2 Å². The summed E-state index contributed by atoms with van der Waals surface area (Å²) in [6, 6.07) is 47.8. The molecule has 37 heavy (non-hydrogen) atoms. The lowest BCUT2D eigenvalue weighted by atomic mass is 10.1. The third kappa shape index (κ3) is 6.24. The number of anilines is 5. The van der Waals surface area contributed by atoms with Gasteiger partial charge in [0, 0.05) is 30.7 Å². The van der Waals surface area contributed by atoms with Gasteiger partial charge in [0.2, 0.25) is 0 Å². The van der Waals surface area contributed by atoms with E-state index in [1.807, 2.05) is 53.7 Å². The number of hydrazone groups is 1. The van der Waals surface area contributed by atoms with E-state index < -0.39 is 0 Å². The van der Waals surface area contributed by atoms with Crippen LogP contribution in [-0.2, 0) is 6.54 Å². The summed E-state index contributed by atoms with van der Waals surface area (Å²) in [7, 11) is 2.09. The highest BCUT2D eigenvalue weighted by Gasteiger charge is 2.07. The summed E-state index contributed by atoms with van der Waals surface area (Å²) in [5, 5.41) is 10.3. The zero-order valence-electron chi connectivity index (χ0n) is 20.9. The van der Waals surface area contributed by atoms with Crippen molar-refractivity contribution in [2.75, 3.05) is 22.3 Å². The van der Waals surface area contributed by atoms with Gasteiger partial charge >= 0.3 is 0 Å². The molecule has 5 rings (SSSR count). The molecule has 0 atom stereocenters. The van der Waals surface area contributed by atoms with Crippen LogP contribution >= 0.6 is 0 Å². The monoisotopic (exact) mass is 482 g/mol. The smallest absolute Gasteiger partial charge is 0.0652 e. The average Bonchev–Trinajstić information content (AvgIpc) is 2.98. The van der Waals surface area contributed by atoms with Gasteiger partial charge in [-0.05, 0) is 71.8 Å². The van der Waals surface area contributed by atoms with Gasteiger partial charge in [0.05, 0.1) is 17.6 Å². The third-order valence-electron chi connectivity index (χ3n) is 6.20. The molecule has 0 saturated carbocycles. The highest BCUT2D eigenvalue weighted by molar-refractivity contribution is 5.82. The molecule has 4 nitrogen and oxygen atoms in total. The van der Waals surface area contributed by atoms with E-state index in [4.69, 9.17) is 5.10 Å². The number of hydrogen-bond acceptors (Lipinski definition) is 4. The second-order valence-electron chi connectivity index (χ2n) is 8.76. The minimum Gasteiger partial charge on any atom is -0.381 e. The van der Waals surface area contributed by atoms with E-state index in [0.29, 0.717) is 0 Å². The molecule has 1 N–H and O–H groups in total. The predicted molar refractivity (Wildman–Crippen MR) is 157 cm³/mol. The number of hydrogen-bond donors (Lipinski definition) is 1. The Labute approximate surface area is 219 Å². The molecule has 4 heteroatoms. The zero-order valence-corrected chi connectivity index (χ0v) is 20.9. The Morgan fingerprint density at radius 3 is 1.59 bits per heavy atom. The lowest BCUT2D eigenvalue weighted by Gasteiger charge is -2.19. The average molecular weight is 483 g/mol. The first-order valence-electron chi connectivity index (χ1n) is 12.4. The second kappa shape index (κ2) is 11.7. The Morgan fingerprint density at radius 1 is 0.568 bits per heavy atom. The Morgan fingerprint density at radius 2 is 1.05 bits per heavy atom. The number of para-hydroxylation sites is 3. The summed E-state index contributed by atoms with van der Waals surface area (Å²) in [5.74, 6) is 0. The normalized spacial score (nSPS) is 10.8. The van der Waals surface area contributed by atoms with Crippen LogP contribution < -0.4 is 15.2 Å². The zero-order chi connectivity index (χ0) is 25.3. The summed E-state index contributed by atoms with van der Waals surface area (Å²) in [5.41, 5.74) is 7.72. The highest BCUT2D eigenvalue weighted by atomic mass is 15.5. The Hall–Kier alpha value is -4.83. The van der Waals surface area contributed by atoms with Crippen molar-refractivity contribution in [2.24, 2.45) is 5.10 Å². The second-order valence-corrected chi connectivity index (χ2v) is 8.76. The van der Waals surface area contributed by atoms with Crippen LogP contribution in [0.1, 0.15) is 11.1 Å². The number of benzene rings is 5. The molecular weight excluding hydrogens is 452 g/mol. The van der Waals surface area contributed by atoms with E-state index in [1.54, 1.807) is 0 Å². The summed E-state index contributed by atoms with van der Waals surface area (Å²) in [4.78, 5) is 2.19. The summed E-state index contributed by atoms with van der Waals surface area (Å²) >= 11 is 0. The fraction of sp³-hybridized carbons (Fsp3) is 0.0606. The fourth-order valence-corrected chi connectivity index (χ4v) is 4.07. The van der Waals surface area contributed by atoms with Crippen LogP contribution in [0.4, 0.5) is 28.4 Å². The fourth-order valence-electron chi connectivity index (χ4n) is 4.07. The van der Waals surface area contributed by atoms with Crippen LogP contribution in [0.3, 0.4) is 0 Å². The molecule has 0 aromatic heterocycles. The maximum absolute atomic E-state index is 4.79. The molecule has 5 aromatic rings. The molecule has 0 amide bonds. The van der Waals surface area contributed by atoms with Crippen molar-refractivity contribution in [3.8, 4) is 0 Å². The van der Waals surface area contributed by atoms with Gasteiger partial charge in [-0.15, -0.1) is 0 Å². The van der Waals surface area contributed by atoms with Crippen molar-refractivity contribution in [2.45, 2.75) is 6.54 Å². The SMILES string of the molecule is CN(c1ccccc1)c1ccc(CNc2ccc(C=NN(c3ccccc3)c3ccccc3)cc2)cc1. The largest absolute Gasteiger partial charge is 0.381 e. The Balaban J connectivity index is 1.21. The number of rotatable bonds is 9. The lowest BCUT2D eigenvalue weighted by molar-refractivity contribution is 1.09. The molecule has 0 unspecified atom stereocenters. The maximum Gasteiger partial charge on any atom is 0.0652 e. The third-order valence-corrected chi connectivity index (χ3v) is 6.20. The molecule has 0 saturated heterocycles. The van der Waals surface area contributed by atoms with Crippen LogP contribution in [0.15, 0.2) is 145 Å². The van der Waals surface area contributed by atoms with E-state index in [1.165, 1.54) is 16.9 Å². The molecular formula is C33H30N4. The molecule has 0 fully saturated rings. The standard InChI is InChI=1S/C33H30N4/c1-36(30-11-5-2-6-12-30)31-23-19-27(20-24-31)25-34-29-21-17-28(18-22-29)26-35-37(32-13-7-3-8-14-32)33-15-9-4-10-16-33/h2-24,26,34H,25H2,1H3. The van der Waals surface area contributed by atoms with Crippen molar-refractivity contribution in [1.82, 2.24) is 0 Å². The summed E-state index contributed by atoms with van der Waals surface area (Å²) in [6.07, 6.45) is 1.89. The highest BCUT2D eigenvalue weighted by Crippen LogP contribution is 2.26. The van der Waals surface area contributed by atoms with E-state index in [2.05, 4.69) is 114 Å². The molecule has 0 spiro atoms. The van der Waals surface area contributed by atoms with Gasteiger partial charge in [-0.2, -0.15) is 5.10 Å². The maximum atomic E-state index is 4.79. The van der Waals surface area contributed by atoms with Gasteiger partial charge in [-0.3, -0.25) is 0 Å². The quantitative estimate of drug-likeness (QED) is 0.169. The van der Waals surface area contributed by atoms with Gasteiger partial charge in [0.1, 0.15) is 0 Å². The predicted octanol–water partition coefficient (Wildman–Crippen LogP) is 8.24. The van der Waals surface area contributed by atoms with Gasteiger partial charge in [-0.1, -0.05) is 78.9 Å². The Kier molecular flexibility index (Phi) is 7.58. The van der Waals surface area contributed by atoms with Crippen molar-refractivity contribution in [3.05, 3.63) is 151 Å².